The molecule has 0 heterocycles. The minimum atomic E-state index is 0.200. The van der Waals surface area contributed by atoms with Crippen molar-refractivity contribution < 1.29 is 4.74 Å². The number of ether oxygens (including phenoxy) is 1. The highest BCUT2D eigenvalue weighted by atomic mass is 16.5. The molecule has 0 aliphatic heterocycles. The van der Waals surface area contributed by atoms with Crippen LogP contribution in [0, 0.1) is 28.6 Å². The lowest BCUT2D eigenvalue weighted by molar-refractivity contribution is 0.0694. The van der Waals surface area contributed by atoms with Crippen molar-refractivity contribution in [1.82, 2.24) is 4.90 Å². The molecule has 0 bridgehead atoms. The fourth-order valence-corrected chi connectivity index (χ4v) is 3.20. The van der Waals surface area contributed by atoms with Crippen molar-refractivity contribution in [1.29, 1.82) is 5.26 Å². The second-order valence-corrected chi connectivity index (χ2v) is 7.01. The Balaban J connectivity index is 2.62. The summed E-state index contributed by atoms with van der Waals surface area (Å²) in [6.45, 7) is 8.80. The Morgan fingerprint density at radius 1 is 1.32 bits per heavy atom. The standard InChI is InChI=1S/C16H30N2O/c1-16(2,3)14-8-7-13(12-17)15(11-14)18(4)9-6-10-19-5/h13-15H,6-11H2,1-5H3. The molecular weight excluding hydrogens is 236 g/mol. The van der Waals surface area contributed by atoms with Gasteiger partial charge in [0.15, 0.2) is 0 Å². The van der Waals surface area contributed by atoms with E-state index in [1.54, 1.807) is 7.11 Å². The summed E-state index contributed by atoms with van der Waals surface area (Å²) in [5.41, 5.74) is 0.353. The first kappa shape index (κ1) is 16.5. The van der Waals surface area contributed by atoms with Crippen LogP contribution in [0.4, 0.5) is 0 Å². The highest BCUT2D eigenvalue weighted by molar-refractivity contribution is 4.98. The number of nitriles is 1. The average Bonchev–Trinajstić information content (AvgIpc) is 2.37. The lowest BCUT2D eigenvalue weighted by atomic mass is 9.68. The Morgan fingerprint density at radius 3 is 2.53 bits per heavy atom. The largest absolute Gasteiger partial charge is 0.385 e. The van der Waals surface area contributed by atoms with Gasteiger partial charge in [-0.25, -0.2) is 0 Å². The van der Waals surface area contributed by atoms with E-state index in [9.17, 15) is 5.26 Å². The van der Waals surface area contributed by atoms with Gasteiger partial charge in [-0.2, -0.15) is 5.26 Å². The van der Waals surface area contributed by atoms with Gasteiger partial charge < -0.3 is 9.64 Å². The second kappa shape index (κ2) is 7.26. The van der Waals surface area contributed by atoms with Crippen LogP contribution in [-0.2, 0) is 4.74 Å². The topological polar surface area (TPSA) is 36.3 Å². The Labute approximate surface area is 118 Å². The maximum atomic E-state index is 9.37. The van der Waals surface area contributed by atoms with Gasteiger partial charge in [0.25, 0.3) is 0 Å². The predicted octanol–water partition coefficient (Wildman–Crippen LogP) is 3.31. The fourth-order valence-electron chi connectivity index (χ4n) is 3.20. The van der Waals surface area contributed by atoms with E-state index in [0.717, 1.165) is 38.3 Å². The van der Waals surface area contributed by atoms with Crippen LogP contribution in [0.3, 0.4) is 0 Å². The number of methoxy groups -OCH3 is 1. The van der Waals surface area contributed by atoms with Gasteiger partial charge in [0.1, 0.15) is 0 Å². The molecule has 3 heteroatoms. The van der Waals surface area contributed by atoms with E-state index in [-0.39, 0.29) is 5.92 Å². The first-order valence-electron chi connectivity index (χ1n) is 7.49. The lowest BCUT2D eigenvalue weighted by Gasteiger charge is -2.43. The first-order valence-corrected chi connectivity index (χ1v) is 7.49. The van der Waals surface area contributed by atoms with Crippen molar-refractivity contribution in [3.05, 3.63) is 0 Å². The molecule has 3 unspecified atom stereocenters. The molecule has 0 radical (unpaired) electrons. The molecule has 0 aromatic carbocycles. The zero-order chi connectivity index (χ0) is 14.5. The van der Waals surface area contributed by atoms with E-state index in [0.29, 0.717) is 11.5 Å². The highest BCUT2D eigenvalue weighted by Crippen LogP contribution is 2.41. The van der Waals surface area contributed by atoms with Gasteiger partial charge in [0, 0.05) is 26.3 Å². The molecular formula is C16H30N2O. The molecule has 0 saturated heterocycles. The smallest absolute Gasteiger partial charge is 0.0672 e. The molecule has 0 aromatic rings. The number of hydrogen-bond donors (Lipinski definition) is 0. The molecule has 0 spiro atoms. The summed E-state index contributed by atoms with van der Waals surface area (Å²) in [5, 5.41) is 9.37. The van der Waals surface area contributed by atoms with Crippen molar-refractivity contribution in [2.75, 3.05) is 27.3 Å². The van der Waals surface area contributed by atoms with Gasteiger partial charge in [0.2, 0.25) is 0 Å². The second-order valence-electron chi connectivity index (χ2n) is 7.01. The summed E-state index contributed by atoms with van der Waals surface area (Å²) in [6, 6.07) is 2.94. The SMILES string of the molecule is COCCCN(C)C1CC(C(C)(C)C)CCC1C#N. The Morgan fingerprint density at radius 2 is 2.00 bits per heavy atom. The minimum absolute atomic E-state index is 0.200. The Kier molecular flexibility index (Phi) is 6.29. The molecule has 1 aliphatic carbocycles. The Hall–Kier alpha value is -0.590. The van der Waals surface area contributed by atoms with E-state index in [2.05, 4.69) is 38.8 Å². The molecule has 1 rings (SSSR count). The van der Waals surface area contributed by atoms with Gasteiger partial charge in [0.05, 0.1) is 12.0 Å². The predicted molar refractivity (Wildman–Crippen MR) is 78.8 cm³/mol. The molecule has 3 nitrogen and oxygen atoms in total. The maximum absolute atomic E-state index is 9.37. The highest BCUT2D eigenvalue weighted by Gasteiger charge is 2.37. The fraction of sp³-hybridized carbons (Fsp3) is 0.938. The minimum Gasteiger partial charge on any atom is -0.385 e. The van der Waals surface area contributed by atoms with Crippen molar-refractivity contribution in [2.24, 2.45) is 17.3 Å². The number of nitrogens with zero attached hydrogens (tertiary/aromatic N) is 2. The molecule has 1 aliphatic rings. The van der Waals surface area contributed by atoms with Gasteiger partial charge >= 0.3 is 0 Å². The van der Waals surface area contributed by atoms with Crippen LogP contribution < -0.4 is 0 Å². The van der Waals surface area contributed by atoms with E-state index in [1.807, 2.05) is 0 Å². The number of hydrogen-bond acceptors (Lipinski definition) is 3. The van der Waals surface area contributed by atoms with E-state index in [4.69, 9.17) is 4.74 Å². The third-order valence-electron chi connectivity index (χ3n) is 4.63. The molecule has 0 N–H and O–H groups in total. The van der Waals surface area contributed by atoms with Gasteiger partial charge in [-0.1, -0.05) is 20.8 Å². The monoisotopic (exact) mass is 266 g/mol. The molecule has 1 saturated carbocycles. The van der Waals surface area contributed by atoms with E-state index < -0.39 is 0 Å². The summed E-state index contributed by atoms with van der Waals surface area (Å²) in [4.78, 5) is 2.38. The van der Waals surface area contributed by atoms with Crippen molar-refractivity contribution >= 4 is 0 Å². The summed E-state index contributed by atoms with van der Waals surface area (Å²) in [6.07, 6.45) is 4.45. The van der Waals surface area contributed by atoms with E-state index in [1.165, 1.54) is 6.42 Å². The molecule has 0 amide bonds. The van der Waals surface area contributed by atoms with Gasteiger partial charge in [-0.05, 0) is 44.1 Å². The van der Waals surface area contributed by atoms with Crippen LogP contribution in [0.15, 0.2) is 0 Å². The quantitative estimate of drug-likeness (QED) is 0.716. The van der Waals surface area contributed by atoms with Crippen molar-refractivity contribution in [3.63, 3.8) is 0 Å². The molecule has 110 valence electrons. The van der Waals surface area contributed by atoms with Gasteiger partial charge in [-0.15, -0.1) is 0 Å². The van der Waals surface area contributed by atoms with Crippen LogP contribution in [0.1, 0.15) is 46.5 Å². The van der Waals surface area contributed by atoms with Gasteiger partial charge in [-0.3, -0.25) is 0 Å². The van der Waals surface area contributed by atoms with Crippen LogP contribution in [0.5, 0.6) is 0 Å². The average molecular weight is 266 g/mol. The summed E-state index contributed by atoms with van der Waals surface area (Å²) >= 11 is 0. The lowest BCUT2D eigenvalue weighted by Crippen LogP contribution is -2.44. The van der Waals surface area contributed by atoms with Crippen LogP contribution in [-0.4, -0.2) is 38.3 Å². The zero-order valence-electron chi connectivity index (χ0n) is 13.3. The zero-order valence-corrected chi connectivity index (χ0v) is 13.3. The summed E-state index contributed by atoms with van der Waals surface area (Å²) in [5.74, 6) is 0.929. The molecule has 1 fully saturated rings. The normalized spacial score (nSPS) is 28.4. The van der Waals surface area contributed by atoms with Crippen LogP contribution in [0.2, 0.25) is 0 Å². The van der Waals surface area contributed by atoms with Crippen LogP contribution >= 0.6 is 0 Å². The molecule has 3 atom stereocenters. The third kappa shape index (κ3) is 4.78. The van der Waals surface area contributed by atoms with Crippen molar-refractivity contribution in [2.45, 2.75) is 52.5 Å². The summed E-state index contributed by atoms with van der Waals surface area (Å²) < 4.78 is 5.12. The first-order chi connectivity index (χ1) is 8.90. The maximum Gasteiger partial charge on any atom is 0.0672 e. The van der Waals surface area contributed by atoms with Crippen LogP contribution in [0.25, 0.3) is 0 Å². The molecule has 19 heavy (non-hydrogen) atoms. The number of rotatable bonds is 5. The molecule has 0 aromatic heterocycles. The summed E-state index contributed by atoms with van der Waals surface area (Å²) in [7, 11) is 3.91. The van der Waals surface area contributed by atoms with E-state index >= 15 is 0 Å². The Bertz CT molecular complexity index is 303. The van der Waals surface area contributed by atoms with Crippen molar-refractivity contribution in [3.8, 4) is 6.07 Å². The third-order valence-corrected chi connectivity index (χ3v) is 4.63.